The van der Waals surface area contributed by atoms with Crippen LogP contribution in [0.1, 0.15) is 0 Å². The van der Waals surface area contributed by atoms with Gasteiger partial charge in [-0.05, 0) is 35.4 Å². The van der Waals surface area contributed by atoms with Gasteiger partial charge in [0.25, 0.3) is 0 Å². The number of benzene rings is 2. The third-order valence-corrected chi connectivity index (χ3v) is 4.17. The highest BCUT2D eigenvalue weighted by molar-refractivity contribution is 6.31. The molecule has 24 heavy (non-hydrogen) atoms. The number of halogens is 1. The van der Waals surface area contributed by atoms with Gasteiger partial charge in [0.1, 0.15) is 0 Å². The molecule has 0 saturated heterocycles. The summed E-state index contributed by atoms with van der Waals surface area (Å²) in [6.45, 7) is 0. The van der Waals surface area contributed by atoms with E-state index in [0.717, 1.165) is 33.3 Å². The molecule has 3 nitrogen and oxygen atoms in total. The van der Waals surface area contributed by atoms with Crippen LogP contribution in [0.4, 0.5) is 0 Å². The number of aromatic amines is 1. The van der Waals surface area contributed by atoms with Crippen molar-refractivity contribution in [3.05, 3.63) is 88.3 Å². The molecule has 4 heteroatoms. The number of fused-ring (bicyclic) bond motifs is 1. The fourth-order valence-corrected chi connectivity index (χ4v) is 2.94. The molecule has 0 saturated carbocycles. The highest BCUT2D eigenvalue weighted by Gasteiger charge is 2.10. The molecule has 2 aromatic heterocycles. The summed E-state index contributed by atoms with van der Waals surface area (Å²) in [5.41, 5.74) is 4.54. The normalized spacial score (nSPS) is 10.9. The molecule has 0 amide bonds. The van der Waals surface area contributed by atoms with Crippen molar-refractivity contribution in [2.45, 2.75) is 0 Å². The van der Waals surface area contributed by atoms with Crippen LogP contribution in [-0.4, -0.2) is 9.97 Å². The molecule has 0 bridgehead atoms. The Balaban J connectivity index is 2.03. The molecule has 0 radical (unpaired) electrons. The average Bonchev–Trinajstić information content (AvgIpc) is 2.62. The van der Waals surface area contributed by atoms with Crippen molar-refractivity contribution >= 4 is 22.5 Å². The fraction of sp³-hybridized carbons (Fsp3) is 0. The molecule has 0 spiro atoms. The third kappa shape index (κ3) is 2.70. The number of hydrogen-bond donors (Lipinski definition) is 1. The van der Waals surface area contributed by atoms with Crippen LogP contribution in [0.25, 0.3) is 33.3 Å². The maximum Gasteiger partial charge on any atom is 0.247 e. The lowest BCUT2D eigenvalue weighted by molar-refractivity contribution is 1.24. The van der Waals surface area contributed by atoms with Gasteiger partial charge in [-0.3, -0.25) is 4.79 Å². The summed E-state index contributed by atoms with van der Waals surface area (Å²) in [6.07, 6.45) is 1.72. The molecule has 0 unspecified atom stereocenters. The van der Waals surface area contributed by atoms with Crippen molar-refractivity contribution in [2.75, 3.05) is 0 Å². The Hall–Kier alpha value is -2.91. The molecule has 0 aliphatic carbocycles. The van der Waals surface area contributed by atoms with Gasteiger partial charge >= 0.3 is 0 Å². The van der Waals surface area contributed by atoms with Crippen molar-refractivity contribution in [1.82, 2.24) is 9.97 Å². The molecule has 4 rings (SSSR count). The van der Waals surface area contributed by atoms with Crippen LogP contribution in [0.15, 0.2) is 77.7 Å². The van der Waals surface area contributed by atoms with E-state index in [-0.39, 0.29) is 5.56 Å². The zero-order valence-corrected chi connectivity index (χ0v) is 13.4. The van der Waals surface area contributed by atoms with Crippen molar-refractivity contribution in [3.8, 4) is 22.4 Å². The van der Waals surface area contributed by atoms with E-state index < -0.39 is 0 Å². The van der Waals surface area contributed by atoms with Crippen molar-refractivity contribution < 1.29 is 0 Å². The summed E-state index contributed by atoms with van der Waals surface area (Å²) in [4.78, 5) is 18.8. The second-order valence-corrected chi connectivity index (χ2v) is 5.96. The minimum Gasteiger partial charge on any atom is -0.328 e. The van der Waals surface area contributed by atoms with Crippen LogP contribution >= 0.6 is 11.6 Å². The molecule has 0 aliphatic heterocycles. The highest BCUT2D eigenvalue weighted by atomic mass is 35.5. The second-order valence-electron chi connectivity index (χ2n) is 5.52. The third-order valence-electron chi connectivity index (χ3n) is 3.94. The van der Waals surface area contributed by atoms with Crippen LogP contribution in [-0.2, 0) is 0 Å². The van der Waals surface area contributed by atoms with Gasteiger partial charge in [-0.1, -0.05) is 48.0 Å². The monoisotopic (exact) mass is 332 g/mol. The summed E-state index contributed by atoms with van der Waals surface area (Å²) < 4.78 is 0. The zero-order chi connectivity index (χ0) is 16.5. The lowest BCUT2D eigenvalue weighted by atomic mass is 9.99. The Kier molecular flexibility index (Phi) is 3.63. The van der Waals surface area contributed by atoms with Crippen LogP contribution in [0.5, 0.6) is 0 Å². The molecular weight excluding hydrogens is 320 g/mol. The van der Waals surface area contributed by atoms with Gasteiger partial charge in [-0.2, -0.15) is 0 Å². The molecule has 0 fully saturated rings. The Labute approximate surface area is 143 Å². The number of H-pyrrole nitrogens is 1. The Morgan fingerprint density at radius 2 is 1.71 bits per heavy atom. The van der Waals surface area contributed by atoms with E-state index in [4.69, 9.17) is 16.6 Å². The lowest BCUT2D eigenvalue weighted by Gasteiger charge is -2.10. The van der Waals surface area contributed by atoms with Gasteiger partial charge < -0.3 is 4.98 Å². The average molecular weight is 333 g/mol. The molecule has 0 aliphatic rings. The van der Waals surface area contributed by atoms with Crippen molar-refractivity contribution in [1.29, 1.82) is 0 Å². The predicted molar refractivity (Wildman–Crippen MR) is 98.2 cm³/mol. The number of nitrogens with zero attached hydrogens (tertiary/aromatic N) is 1. The summed E-state index contributed by atoms with van der Waals surface area (Å²) in [7, 11) is 0. The van der Waals surface area contributed by atoms with Gasteiger partial charge in [-0.25, -0.2) is 4.98 Å². The first-order valence-corrected chi connectivity index (χ1v) is 7.93. The van der Waals surface area contributed by atoms with Gasteiger partial charge in [0.15, 0.2) is 0 Å². The molecule has 116 valence electrons. The van der Waals surface area contributed by atoms with Crippen LogP contribution in [0, 0.1) is 0 Å². The first-order valence-electron chi connectivity index (χ1n) is 7.55. The Bertz CT molecular complexity index is 1070. The van der Waals surface area contributed by atoms with E-state index in [2.05, 4.69) is 4.98 Å². The summed E-state index contributed by atoms with van der Waals surface area (Å²) in [5.74, 6) is 0. The van der Waals surface area contributed by atoms with Crippen molar-refractivity contribution in [2.24, 2.45) is 0 Å². The highest BCUT2D eigenvalue weighted by Crippen LogP contribution is 2.32. The van der Waals surface area contributed by atoms with E-state index in [1.54, 1.807) is 6.20 Å². The standard InChI is InChI=1S/C20H13ClN2O/c21-15-7-8-16-17(14-6-9-20(24)22-12-14)11-18(23-19(16)10-15)13-4-2-1-3-5-13/h1-12H,(H,22,24). The minimum atomic E-state index is -0.122. The second kappa shape index (κ2) is 5.95. The number of hydrogen-bond acceptors (Lipinski definition) is 2. The van der Waals surface area contributed by atoms with Gasteiger partial charge in [0.2, 0.25) is 5.56 Å². The SMILES string of the molecule is O=c1ccc(-c2cc(-c3ccccc3)nc3cc(Cl)ccc23)c[nH]1. The molecule has 2 aromatic carbocycles. The smallest absolute Gasteiger partial charge is 0.247 e. The Morgan fingerprint density at radius 1 is 0.875 bits per heavy atom. The fourth-order valence-electron chi connectivity index (χ4n) is 2.78. The molecule has 1 N–H and O–H groups in total. The number of nitrogens with one attached hydrogen (secondary N) is 1. The lowest BCUT2D eigenvalue weighted by Crippen LogP contribution is -2.01. The van der Waals surface area contributed by atoms with E-state index in [9.17, 15) is 4.79 Å². The van der Waals surface area contributed by atoms with E-state index in [0.29, 0.717) is 5.02 Å². The van der Waals surface area contributed by atoms with Gasteiger partial charge in [0, 0.05) is 28.2 Å². The minimum absolute atomic E-state index is 0.122. The first-order chi connectivity index (χ1) is 11.7. The van der Waals surface area contributed by atoms with Crippen molar-refractivity contribution in [3.63, 3.8) is 0 Å². The van der Waals surface area contributed by atoms with Gasteiger partial charge in [-0.15, -0.1) is 0 Å². The van der Waals surface area contributed by atoms with Gasteiger partial charge in [0.05, 0.1) is 11.2 Å². The van der Waals surface area contributed by atoms with Crippen LogP contribution in [0.2, 0.25) is 5.02 Å². The maximum atomic E-state index is 11.4. The maximum absolute atomic E-state index is 11.4. The summed E-state index contributed by atoms with van der Waals surface area (Å²) >= 11 is 6.15. The molecule has 4 aromatic rings. The molecule has 2 heterocycles. The van der Waals surface area contributed by atoms with E-state index in [1.807, 2.05) is 60.7 Å². The summed E-state index contributed by atoms with van der Waals surface area (Å²) in [6, 6.07) is 21.0. The molecule has 0 atom stereocenters. The topological polar surface area (TPSA) is 45.8 Å². The first kappa shape index (κ1) is 14.7. The van der Waals surface area contributed by atoms with E-state index >= 15 is 0 Å². The van der Waals surface area contributed by atoms with Crippen LogP contribution in [0.3, 0.4) is 0 Å². The largest absolute Gasteiger partial charge is 0.328 e. The van der Waals surface area contributed by atoms with E-state index in [1.165, 1.54) is 6.07 Å². The zero-order valence-electron chi connectivity index (χ0n) is 12.7. The molecular formula is C20H13ClN2O. The Morgan fingerprint density at radius 3 is 2.46 bits per heavy atom. The number of aromatic nitrogens is 2. The summed E-state index contributed by atoms with van der Waals surface area (Å²) in [5, 5.41) is 1.64. The van der Waals surface area contributed by atoms with Crippen LogP contribution < -0.4 is 5.56 Å². The number of pyridine rings is 2. The quantitative estimate of drug-likeness (QED) is 0.567. The predicted octanol–water partition coefficient (Wildman–Crippen LogP) is 4.91. The number of rotatable bonds is 2.